The van der Waals surface area contributed by atoms with Crippen LogP contribution in [0.3, 0.4) is 0 Å². The van der Waals surface area contributed by atoms with E-state index >= 15 is 0 Å². The van der Waals surface area contributed by atoms with E-state index in [4.69, 9.17) is 32.4 Å². The second kappa shape index (κ2) is 18.9. The number of nitrogen functional groups attached to an aromatic ring is 4. The summed E-state index contributed by atoms with van der Waals surface area (Å²) in [5.74, 6) is 2.23. The first-order chi connectivity index (χ1) is 30.6. The Morgan fingerprint density at radius 3 is 0.844 bits per heavy atom. The molecule has 64 heavy (non-hydrogen) atoms. The van der Waals surface area contributed by atoms with Crippen LogP contribution in [0.5, 0.6) is 23.0 Å². The van der Waals surface area contributed by atoms with Crippen LogP contribution in [0.2, 0.25) is 0 Å². The number of nitrogens with two attached hydrogens (primary N) is 4. The Balaban J connectivity index is 0.000000206. The zero-order valence-electron chi connectivity index (χ0n) is 36.4. The van der Waals surface area contributed by atoms with E-state index in [2.05, 4.69) is 76.2 Å². The van der Waals surface area contributed by atoms with Crippen molar-refractivity contribution in [3.8, 4) is 23.0 Å². The summed E-state index contributed by atoms with van der Waals surface area (Å²) in [7, 11) is 0. The number of ether oxygens (including phenoxy) is 2. The van der Waals surface area contributed by atoms with Crippen LogP contribution in [0.4, 0.5) is 22.7 Å². The molecule has 8 aromatic rings. The molecule has 0 aromatic heterocycles. The van der Waals surface area contributed by atoms with Gasteiger partial charge in [0, 0.05) is 55.8 Å². The van der Waals surface area contributed by atoms with Crippen molar-refractivity contribution in [1.82, 2.24) is 0 Å². The Kier molecular flexibility index (Phi) is 13.0. The molecule has 0 saturated carbocycles. The number of anilines is 4. The maximum Gasteiger partial charge on any atom is 0.193 e. The summed E-state index contributed by atoms with van der Waals surface area (Å²) in [5, 5.41) is 0. The van der Waals surface area contributed by atoms with Crippen LogP contribution in [0.1, 0.15) is 81.8 Å². The third-order valence-corrected chi connectivity index (χ3v) is 11.4. The molecule has 8 nitrogen and oxygen atoms in total. The Bertz CT molecular complexity index is 2640. The van der Waals surface area contributed by atoms with Crippen molar-refractivity contribution in [3.63, 3.8) is 0 Å². The van der Waals surface area contributed by atoms with Crippen molar-refractivity contribution >= 4 is 34.3 Å². The fraction of sp³-hybridized carbons (Fsp3) is 0.107. The SMILES string of the molecule is CC(C)(c1ccc(N)cc1)c1cccc(C(C)(C)c2ccc(N)cc2)c1.Nc1ccc(Oc2ccc(C(=O)c3ccc(C(=O)c4ccc(Oc5ccc(N)cc5)cc4)cc3)cc2)cc1. The highest BCUT2D eigenvalue weighted by atomic mass is 16.5. The van der Waals surface area contributed by atoms with Gasteiger partial charge in [-0.3, -0.25) is 9.59 Å². The summed E-state index contributed by atoms with van der Waals surface area (Å²) in [6, 6.07) is 59.8. The predicted octanol–water partition coefficient (Wildman–Crippen LogP) is 12.4. The number of hydrogen-bond acceptors (Lipinski definition) is 8. The van der Waals surface area contributed by atoms with Crippen molar-refractivity contribution in [2.24, 2.45) is 0 Å². The van der Waals surface area contributed by atoms with Gasteiger partial charge in [0.1, 0.15) is 23.0 Å². The fourth-order valence-corrected chi connectivity index (χ4v) is 7.23. The van der Waals surface area contributed by atoms with E-state index < -0.39 is 0 Å². The molecule has 0 atom stereocenters. The molecule has 8 rings (SSSR count). The molecule has 0 aliphatic heterocycles. The van der Waals surface area contributed by atoms with Crippen LogP contribution < -0.4 is 32.4 Å². The fourth-order valence-electron chi connectivity index (χ4n) is 7.23. The normalized spacial score (nSPS) is 11.2. The standard InChI is InChI=1S/C32H24N2O4.C24H28N2/c33-25-9-17-29(18-10-25)37-27-13-5-23(6-14-27)31(35)21-1-2-22(4-3-21)32(36)24-7-15-28(16-8-24)38-30-19-11-26(34)12-20-30;1-23(2,17-8-12-21(25)13-9-17)19-6-5-7-20(16-19)24(3,4)18-10-14-22(26)15-11-18/h1-20H,33-34H2;5-16H,25-26H2,1-4H3. The van der Waals surface area contributed by atoms with E-state index in [1.807, 2.05) is 24.3 Å². The van der Waals surface area contributed by atoms with Crippen LogP contribution >= 0.6 is 0 Å². The highest BCUT2D eigenvalue weighted by Crippen LogP contribution is 2.37. The van der Waals surface area contributed by atoms with Gasteiger partial charge in [-0.2, -0.15) is 0 Å². The number of rotatable bonds is 12. The molecule has 8 aromatic carbocycles. The molecule has 0 amide bonds. The highest BCUT2D eigenvalue weighted by molar-refractivity contribution is 6.11. The van der Waals surface area contributed by atoms with Crippen LogP contribution in [-0.4, -0.2) is 11.6 Å². The van der Waals surface area contributed by atoms with Crippen LogP contribution in [0.25, 0.3) is 0 Å². The molecule has 0 heterocycles. The van der Waals surface area contributed by atoms with Gasteiger partial charge in [-0.25, -0.2) is 0 Å². The largest absolute Gasteiger partial charge is 0.457 e. The Hall–Kier alpha value is -8.10. The zero-order valence-corrected chi connectivity index (χ0v) is 36.4. The van der Waals surface area contributed by atoms with Gasteiger partial charge in [0.05, 0.1) is 0 Å². The van der Waals surface area contributed by atoms with Crippen molar-refractivity contribution in [3.05, 3.63) is 239 Å². The molecule has 0 bridgehead atoms. The number of carbonyl (C=O) groups excluding carboxylic acids is 2. The summed E-state index contributed by atoms with van der Waals surface area (Å²) < 4.78 is 11.6. The van der Waals surface area contributed by atoms with E-state index in [1.54, 1.807) is 121 Å². The second-order valence-corrected chi connectivity index (χ2v) is 16.7. The molecule has 8 heteroatoms. The number of hydrogen-bond donors (Lipinski definition) is 4. The summed E-state index contributed by atoms with van der Waals surface area (Å²) >= 11 is 0. The van der Waals surface area contributed by atoms with Crippen molar-refractivity contribution in [1.29, 1.82) is 0 Å². The van der Waals surface area contributed by atoms with Crippen LogP contribution in [0, 0.1) is 0 Å². The maximum absolute atomic E-state index is 13.0. The number of carbonyl (C=O) groups is 2. The first-order valence-electron chi connectivity index (χ1n) is 21.0. The van der Waals surface area contributed by atoms with Crippen LogP contribution in [-0.2, 0) is 10.8 Å². The van der Waals surface area contributed by atoms with Crippen molar-refractivity contribution in [2.75, 3.05) is 22.9 Å². The molecular weight excluding hydrogens is 793 g/mol. The molecule has 320 valence electrons. The smallest absolute Gasteiger partial charge is 0.193 e. The Morgan fingerprint density at radius 2 is 0.562 bits per heavy atom. The second-order valence-electron chi connectivity index (χ2n) is 16.7. The first-order valence-corrected chi connectivity index (χ1v) is 21.0. The lowest BCUT2D eigenvalue weighted by Crippen LogP contribution is -2.23. The summed E-state index contributed by atoms with van der Waals surface area (Å²) in [6.45, 7) is 9.03. The minimum Gasteiger partial charge on any atom is -0.457 e. The van der Waals surface area contributed by atoms with Gasteiger partial charge in [0.25, 0.3) is 0 Å². The molecule has 0 spiro atoms. The number of ketones is 2. The van der Waals surface area contributed by atoms with E-state index in [1.165, 1.54) is 22.3 Å². The topological polar surface area (TPSA) is 157 Å². The lowest BCUT2D eigenvalue weighted by molar-refractivity contribution is 0.102. The minimum absolute atomic E-state index is 0.0963. The van der Waals surface area contributed by atoms with Gasteiger partial charge in [0.2, 0.25) is 0 Å². The van der Waals surface area contributed by atoms with Gasteiger partial charge in [0.15, 0.2) is 11.6 Å². The summed E-state index contributed by atoms with van der Waals surface area (Å²) in [6.07, 6.45) is 0. The van der Waals surface area contributed by atoms with Crippen molar-refractivity contribution < 1.29 is 19.1 Å². The Labute approximate surface area is 375 Å². The molecule has 0 unspecified atom stereocenters. The summed E-state index contributed by atoms with van der Waals surface area (Å²) in [4.78, 5) is 25.9. The lowest BCUT2D eigenvalue weighted by atomic mass is 9.73. The monoisotopic (exact) mass is 844 g/mol. The molecule has 0 radical (unpaired) electrons. The van der Waals surface area contributed by atoms with Gasteiger partial charge < -0.3 is 32.4 Å². The average molecular weight is 845 g/mol. The highest BCUT2D eigenvalue weighted by Gasteiger charge is 2.28. The minimum atomic E-state index is -0.146. The Morgan fingerprint density at radius 1 is 0.328 bits per heavy atom. The van der Waals surface area contributed by atoms with Gasteiger partial charge in [-0.05, 0) is 144 Å². The van der Waals surface area contributed by atoms with E-state index in [-0.39, 0.29) is 22.4 Å². The lowest BCUT2D eigenvalue weighted by Gasteiger charge is -2.31. The molecule has 0 saturated heterocycles. The third-order valence-electron chi connectivity index (χ3n) is 11.4. The van der Waals surface area contributed by atoms with E-state index in [9.17, 15) is 9.59 Å². The third kappa shape index (κ3) is 10.5. The predicted molar refractivity (Wildman–Crippen MR) is 260 cm³/mol. The van der Waals surface area contributed by atoms with Crippen molar-refractivity contribution in [2.45, 2.75) is 38.5 Å². The maximum atomic E-state index is 13.0. The van der Waals surface area contributed by atoms with Gasteiger partial charge in [-0.1, -0.05) is 100 Å². The first kappa shape index (κ1) is 44.0. The summed E-state index contributed by atoms with van der Waals surface area (Å²) in [5.41, 5.74) is 32.9. The molecule has 0 fully saturated rings. The quantitative estimate of drug-likeness (QED) is 0.0699. The number of benzene rings is 8. The van der Waals surface area contributed by atoms with Gasteiger partial charge in [-0.15, -0.1) is 0 Å². The average Bonchev–Trinajstić information content (AvgIpc) is 3.31. The molecule has 8 N–H and O–H groups in total. The van der Waals surface area contributed by atoms with E-state index in [0.29, 0.717) is 56.6 Å². The molecular formula is C56H52N4O4. The van der Waals surface area contributed by atoms with E-state index in [0.717, 1.165) is 11.4 Å². The molecule has 0 aliphatic rings. The molecule has 0 aliphatic carbocycles. The van der Waals surface area contributed by atoms with Gasteiger partial charge >= 0.3 is 0 Å². The van der Waals surface area contributed by atoms with Crippen LogP contribution in [0.15, 0.2) is 194 Å². The zero-order chi connectivity index (χ0) is 45.4.